The number of morpholine rings is 1. The number of carbonyl (C=O) groups is 1. The molecule has 1 fully saturated rings. The van der Waals surface area contributed by atoms with Crippen molar-refractivity contribution in [2.45, 2.75) is 25.3 Å². The van der Waals surface area contributed by atoms with E-state index in [1.54, 1.807) is 7.11 Å². The van der Waals surface area contributed by atoms with Gasteiger partial charge in [-0.3, -0.25) is 4.79 Å². The Kier molecular flexibility index (Phi) is 6.87. The Morgan fingerprint density at radius 3 is 2.57 bits per heavy atom. The van der Waals surface area contributed by atoms with Crippen molar-refractivity contribution >= 4 is 5.91 Å². The first kappa shape index (κ1) is 20.7. The maximum atomic E-state index is 12.5. The molecule has 6 heteroatoms. The smallest absolute Gasteiger partial charge is 0.258 e. The topological polar surface area (TPSA) is 61.2 Å². The Labute approximate surface area is 178 Å². The minimum Gasteiger partial charge on any atom is -0.497 e. The van der Waals surface area contributed by atoms with E-state index in [1.807, 2.05) is 18.2 Å². The van der Waals surface area contributed by atoms with E-state index in [1.165, 1.54) is 28.0 Å². The largest absolute Gasteiger partial charge is 0.497 e. The zero-order chi connectivity index (χ0) is 20.8. The second-order valence-electron chi connectivity index (χ2n) is 7.97. The van der Waals surface area contributed by atoms with Crippen molar-refractivity contribution in [3.05, 3.63) is 59.2 Å². The van der Waals surface area contributed by atoms with Crippen LogP contribution in [0.5, 0.6) is 11.5 Å². The molecule has 2 aromatic carbocycles. The molecule has 30 heavy (non-hydrogen) atoms. The lowest BCUT2D eigenvalue weighted by Gasteiger charge is -2.32. The normalized spacial score (nSPS) is 17.2. The lowest BCUT2D eigenvalue weighted by Crippen LogP contribution is -3.15. The molecule has 0 spiro atoms. The van der Waals surface area contributed by atoms with Gasteiger partial charge in [0.25, 0.3) is 5.91 Å². The van der Waals surface area contributed by atoms with Crippen LogP contribution in [0.2, 0.25) is 0 Å². The molecule has 2 N–H and O–H groups in total. The number of fused-ring (bicyclic) bond motifs is 1. The highest BCUT2D eigenvalue weighted by Gasteiger charge is 2.27. The number of rotatable bonds is 8. The Morgan fingerprint density at radius 2 is 1.80 bits per heavy atom. The van der Waals surface area contributed by atoms with Crippen molar-refractivity contribution in [3.8, 4) is 11.5 Å². The summed E-state index contributed by atoms with van der Waals surface area (Å²) in [5.74, 6) is 1.51. The van der Waals surface area contributed by atoms with Gasteiger partial charge in [-0.2, -0.15) is 0 Å². The quantitative estimate of drug-likeness (QED) is 0.688. The molecular weight excluding hydrogens is 380 g/mol. The van der Waals surface area contributed by atoms with Crippen LogP contribution < -0.4 is 19.7 Å². The van der Waals surface area contributed by atoms with E-state index in [-0.39, 0.29) is 18.6 Å². The van der Waals surface area contributed by atoms with E-state index in [4.69, 9.17) is 14.2 Å². The standard InChI is InChI=1S/C24H30N2O4/c1-28-21-8-6-19(7-9-21)23(26-11-13-29-14-12-26)16-25-24(27)17-30-22-10-5-18-3-2-4-20(18)15-22/h5-10,15,23H,2-4,11-14,16-17H2,1H3,(H,25,27)/p+1/t23-/m1/s1. The third-order valence-electron chi connectivity index (χ3n) is 6.09. The number of ether oxygens (including phenoxy) is 3. The number of hydrogen-bond donors (Lipinski definition) is 2. The van der Waals surface area contributed by atoms with Crippen molar-refractivity contribution in [3.63, 3.8) is 0 Å². The minimum atomic E-state index is -0.0957. The van der Waals surface area contributed by atoms with Crippen molar-refractivity contribution in [1.29, 1.82) is 0 Å². The Bertz CT molecular complexity index is 847. The average molecular weight is 412 g/mol. The van der Waals surface area contributed by atoms with Gasteiger partial charge >= 0.3 is 0 Å². The summed E-state index contributed by atoms with van der Waals surface area (Å²) in [7, 11) is 1.67. The second-order valence-corrected chi connectivity index (χ2v) is 7.97. The van der Waals surface area contributed by atoms with E-state index >= 15 is 0 Å². The molecule has 6 nitrogen and oxygen atoms in total. The number of carbonyl (C=O) groups excluding carboxylic acids is 1. The summed E-state index contributed by atoms with van der Waals surface area (Å²) in [6.45, 7) is 3.95. The summed E-state index contributed by atoms with van der Waals surface area (Å²) in [6.07, 6.45) is 3.45. The number of aryl methyl sites for hydroxylation is 2. The molecule has 1 saturated heterocycles. The van der Waals surface area contributed by atoms with Crippen LogP contribution >= 0.6 is 0 Å². The Balaban J connectivity index is 1.34. The van der Waals surface area contributed by atoms with Gasteiger partial charge < -0.3 is 24.4 Å². The van der Waals surface area contributed by atoms with Crippen LogP contribution in [0.25, 0.3) is 0 Å². The summed E-state index contributed by atoms with van der Waals surface area (Å²) < 4.78 is 16.6. The van der Waals surface area contributed by atoms with Crippen LogP contribution in [0.1, 0.15) is 29.2 Å². The monoisotopic (exact) mass is 411 g/mol. The Hall–Kier alpha value is -2.57. The van der Waals surface area contributed by atoms with Crippen molar-refractivity contribution < 1.29 is 23.9 Å². The third kappa shape index (κ3) is 5.12. The lowest BCUT2D eigenvalue weighted by molar-refractivity contribution is -0.937. The predicted molar refractivity (Wildman–Crippen MR) is 114 cm³/mol. The molecule has 160 valence electrons. The van der Waals surface area contributed by atoms with Crippen LogP contribution in [-0.2, 0) is 22.4 Å². The summed E-state index contributed by atoms with van der Waals surface area (Å²) in [4.78, 5) is 13.9. The van der Waals surface area contributed by atoms with Crippen LogP contribution in [0.4, 0.5) is 0 Å². The highest BCUT2D eigenvalue weighted by atomic mass is 16.5. The molecule has 0 unspecified atom stereocenters. The average Bonchev–Trinajstić information content (AvgIpc) is 3.27. The summed E-state index contributed by atoms with van der Waals surface area (Å²) in [6, 6.07) is 14.4. The van der Waals surface area contributed by atoms with Gasteiger partial charge in [-0.25, -0.2) is 0 Å². The van der Waals surface area contributed by atoms with Crippen molar-refractivity contribution in [1.82, 2.24) is 5.32 Å². The molecule has 2 aliphatic rings. The lowest BCUT2D eigenvalue weighted by atomic mass is 10.0. The number of nitrogens with one attached hydrogen (secondary N) is 2. The fraction of sp³-hybridized carbons (Fsp3) is 0.458. The van der Waals surface area contributed by atoms with Gasteiger partial charge in [0.05, 0.1) is 26.9 Å². The van der Waals surface area contributed by atoms with Crippen LogP contribution in [0.15, 0.2) is 42.5 Å². The Morgan fingerprint density at radius 1 is 1.07 bits per heavy atom. The molecule has 1 atom stereocenters. The maximum absolute atomic E-state index is 12.5. The van der Waals surface area contributed by atoms with Crippen LogP contribution in [0.3, 0.4) is 0 Å². The summed E-state index contributed by atoms with van der Waals surface area (Å²) >= 11 is 0. The van der Waals surface area contributed by atoms with Crippen molar-refractivity contribution in [2.24, 2.45) is 0 Å². The molecule has 0 radical (unpaired) electrons. The molecule has 1 amide bonds. The molecule has 0 aromatic heterocycles. The van der Waals surface area contributed by atoms with E-state index in [9.17, 15) is 4.79 Å². The number of amides is 1. The van der Waals surface area contributed by atoms with Gasteiger partial charge in [-0.15, -0.1) is 0 Å². The van der Waals surface area contributed by atoms with Gasteiger partial charge in [-0.1, -0.05) is 6.07 Å². The van der Waals surface area contributed by atoms with Gasteiger partial charge in [0.1, 0.15) is 30.6 Å². The molecule has 0 bridgehead atoms. The first-order valence-electron chi connectivity index (χ1n) is 10.8. The third-order valence-corrected chi connectivity index (χ3v) is 6.09. The number of benzene rings is 2. The van der Waals surface area contributed by atoms with E-state index in [0.717, 1.165) is 50.6 Å². The van der Waals surface area contributed by atoms with Crippen LogP contribution in [0, 0.1) is 0 Å². The van der Waals surface area contributed by atoms with Crippen LogP contribution in [-0.4, -0.2) is 52.5 Å². The molecular formula is C24H31N2O4+. The van der Waals surface area contributed by atoms with E-state index in [2.05, 4.69) is 29.6 Å². The molecule has 4 rings (SSSR count). The highest BCUT2D eigenvalue weighted by Crippen LogP contribution is 2.26. The first-order valence-corrected chi connectivity index (χ1v) is 10.8. The molecule has 1 aliphatic carbocycles. The highest BCUT2D eigenvalue weighted by molar-refractivity contribution is 5.77. The molecule has 1 aliphatic heterocycles. The number of methoxy groups -OCH3 is 1. The predicted octanol–water partition coefficient (Wildman–Crippen LogP) is 1.34. The molecule has 2 aromatic rings. The number of hydrogen-bond acceptors (Lipinski definition) is 4. The van der Waals surface area contributed by atoms with E-state index in [0.29, 0.717) is 6.54 Å². The van der Waals surface area contributed by atoms with Gasteiger partial charge in [0, 0.05) is 5.56 Å². The zero-order valence-corrected chi connectivity index (χ0v) is 17.6. The van der Waals surface area contributed by atoms with Gasteiger partial charge in [0.2, 0.25) is 0 Å². The zero-order valence-electron chi connectivity index (χ0n) is 17.6. The molecule has 0 saturated carbocycles. The summed E-state index contributed by atoms with van der Waals surface area (Å²) in [5, 5.41) is 3.07. The maximum Gasteiger partial charge on any atom is 0.258 e. The van der Waals surface area contributed by atoms with Gasteiger partial charge in [0.15, 0.2) is 6.61 Å². The SMILES string of the molecule is COc1ccc([C@@H](CNC(=O)COc2ccc3c(c2)CCC3)[NH+]2CCOCC2)cc1. The minimum absolute atomic E-state index is 0.0343. The fourth-order valence-electron chi connectivity index (χ4n) is 4.37. The molecule has 1 heterocycles. The first-order chi connectivity index (χ1) is 14.7. The fourth-order valence-corrected chi connectivity index (χ4v) is 4.37. The second kappa shape index (κ2) is 9.96. The number of quaternary nitrogens is 1. The van der Waals surface area contributed by atoms with Gasteiger partial charge in [-0.05, 0) is 66.8 Å². The summed E-state index contributed by atoms with van der Waals surface area (Å²) in [5.41, 5.74) is 3.94. The van der Waals surface area contributed by atoms with E-state index < -0.39 is 0 Å². The van der Waals surface area contributed by atoms with Crippen molar-refractivity contribution in [2.75, 3.05) is 46.6 Å².